The number of rotatable bonds is 3. The lowest BCUT2D eigenvalue weighted by atomic mass is 9.93. The predicted molar refractivity (Wildman–Crippen MR) is 79.6 cm³/mol. The van der Waals surface area contributed by atoms with Crippen molar-refractivity contribution < 1.29 is 0 Å². The van der Waals surface area contributed by atoms with Crippen LogP contribution < -0.4 is 15.1 Å². The molecule has 2 unspecified atom stereocenters. The molecule has 0 radical (unpaired) electrons. The van der Waals surface area contributed by atoms with E-state index >= 15 is 0 Å². The molecule has 1 aromatic carbocycles. The van der Waals surface area contributed by atoms with Gasteiger partial charge in [0.05, 0.1) is 11.4 Å². The molecule has 0 amide bonds. The Morgan fingerprint density at radius 3 is 2.61 bits per heavy atom. The molecule has 18 heavy (non-hydrogen) atoms. The molecule has 0 saturated carbocycles. The third-order valence-electron chi connectivity index (χ3n) is 3.98. The van der Waals surface area contributed by atoms with Crippen LogP contribution in [0.3, 0.4) is 0 Å². The molecular weight excluding hydrogens is 222 g/mol. The number of nitrogens with zero attached hydrogens (tertiary/aromatic N) is 2. The highest BCUT2D eigenvalue weighted by Gasteiger charge is 2.26. The van der Waals surface area contributed by atoms with Gasteiger partial charge in [-0.05, 0) is 31.5 Å². The standard InChI is InChI=1S/C15H25N3/c1-12-11-18(10-9-13(12)16-2)15-8-6-5-7-14(15)17(3)4/h5-8,12-13,16H,9-11H2,1-4H3. The van der Waals surface area contributed by atoms with E-state index in [4.69, 9.17) is 0 Å². The highest BCUT2D eigenvalue weighted by molar-refractivity contribution is 5.70. The van der Waals surface area contributed by atoms with E-state index < -0.39 is 0 Å². The smallest absolute Gasteiger partial charge is 0.0604 e. The van der Waals surface area contributed by atoms with Crippen LogP contribution in [0.5, 0.6) is 0 Å². The average molecular weight is 247 g/mol. The summed E-state index contributed by atoms with van der Waals surface area (Å²) in [7, 11) is 6.30. The van der Waals surface area contributed by atoms with Gasteiger partial charge in [-0.1, -0.05) is 19.1 Å². The maximum Gasteiger partial charge on any atom is 0.0604 e. The predicted octanol–water partition coefficient (Wildman–Crippen LogP) is 2.19. The number of benzene rings is 1. The van der Waals surface area contributed by atoms with Crippen LogP contribution in [0.15, 0.2) is 24.3 Å². The average Bonchev–Trinajstić information content (AvgIpc) is 2.38. The Morgan fingerprint density at radius 1 is 1.28 bits per heavy atom. The van der Waals surface area contributed by atoms with Crippen molar-refractivity contribution >= 4 is 11.4 Å². The van der Waals surface area contributed by atoms with Crippen LogP contribution in [0.1, 0.15) is 13.3 Å². The number of para-hydroxylation sites is 2. The summed E-state index contributed by atoms with van der Waals surface area (Å²) in [5.74, 6) is 0.693. The first-order chi connectivity index (χ1) is 8.63. The molecule has 1 N–H and O–H groups in total. The van der Waals surface area contributed by atoms with E-state index in [-0.39, 0.29) is 0 Å². The summed E-state index contributed by atoms with van der Waals surface area (Å²) in [6.07, 6.45) is 1.22. The van der Waals surface area contributed by atoms with Gasteiger partial charge in [0.15, 0.2) is 0 Å². The summed E-state index contributed by atoms with van der Waals surface area (Å²) in [5, 5.41) is 3.43. The van der Waals surface area contributed by atoms with Crippen molar-refractivity contribution in [2.45, 2.75) is 19.4 Å². The van der Waals surface area contributed by atoms with Gasteiger partial charge in [0.1, 0.15) is 0 Å². The van der Waals surface area contributed by atoms with E-state index in [9.17, 15) is 0 Å². The van der Waals surface area contributed by atoms with Crippen molar-refractivity contribution in [1.82, 2.24) is 5.32 Å². The van der Waals surface area contributed by atoms with E-state index in [1.807, 2.05) is 0 Å². The van der Waals surface area contributed by atoms with Gasteiger partial charge in [0.2, 0.25) is 0 Å². The molecule has 3 nitrogen and oxygen atoms in total. The summed E-state index contributed by atoms with van der Waals surface area (Å²) < 4.78 is 0. The molecule has 1 aliphatic heterocycles. The second-order valence-electron chi connectivity index (χ2n) is 5.49. The Kier molecular flexibility index (Phi) is 4.12. The molecule has 0 aliphatic carbocycles. The molecule has 2 atom stereocenters. The zero-order chi connectivity index (χ0) is 13.1. The van der Waals surface area contributed by atoms with Crippen LogP contribution in [-0.2, 0) is 0 Å². The van der Waals surface area contributed by atoms with Crippen LogP contribution in [0.2, 0.25) is 0 Å². The number of piperidine rings is 1. The van der Waals surface area contributed by atoms with Gasteiger partial charge in [0.25, 0.3) is 0 Å². The Balaban J connectivity index is 2.18. The quantitative estimate of drug-likeness (QED) is 0.883. The van der Waals surface area contributed by atoms with Gasteiger partial charge in [-0.2, -0.15) is 0 Å². The van der Waals surface area contributed by atoms with Crippen molar-refractivity contribution in [1.29, 1.82) is 0 Å². The molecule has 1 fully saturated rings. The van der Waals surface area contributed by atoms with Gasteiger partial charge in [-0.25, -0.2) is 0 Å². The van der Waals surface area contributed by atoms with Crippen molar-refractivity contribution in [3.8, 4) is 0 Å². The molecule has 2 rings (SSSR count). The highest BCUT2D eigenvalue weighted by atomic mass is 15.2. The molecule has 0 bridgehead atoms. The lowest BCUT2D eigenvalue weighted by Gasteiger charge is -2.39. The summed E-state index contributed by atoms with van der Waals surface area (Å²) in [6.45, 7) is 4.61. The first-order valence-electron chi connectivity index (χ1n) is 6.82. The van der Waals surface area contributed by atoms with Gasteiger partial charge in [0, 0.05) is 33.2 Å². The van der Waals surface area contributed by atoms with E-state index in [1.54, 1.807) is 0 Å². The minimum absolute atomic E-state index is 0.660. The summed E-state index contributed by atoms with van der Waals surface area (Å²) in [6, 6.07) is 9.35. The molecular formula is C15H25N3. The normalized spacial score (nSPS) is 24.1. The van der Waals surface area contributed by atoms with Crippen LogP contribution >= 0.6 is 0 Å². The number of hydrogen-bond acceptors (Lipinski definition) is 3. The molecule has 3 heteroatoms. The van der Waals surface area contributed by atoms with Gasteiger partial charge in [-0.3, -0.25) is 0 Å². The van der Waals surface area contributed by atoms with Crippen LogP contribution in [0.4, 0.5) is 11.4 Å². The molecule has 1 saturated heterocycles. The fourth-order valence-electron chi connectivity index (χ4n) is 2.90. The largest absolute Gasteiger partial charge is 0.376 e. The van der Waals surface area contributed by atoms with Gasteiger partial charge < -0.3 is 15.1 Å². The lowest BCUT2D eigenvalue weighted by Crippen LogP contribution is -2.47. The second kappa shape index (κ2) is 5.61. The van der Waals surface area contributed by atoms with Gasteiger partial charge >= 0.3 is 0 Å². The summed E-state index contributed by atoms with van der Waals surface area (Å²) >= 11 is 0. The topological polar surface area (TPSA) is 18.5 Å². The maximum absolute atomic E-state index is 3.43. The van der Waals surface area contributed by atoms with E-state index in [0.29, 0.717) is 12.0 Å². The summed E-state index contributed by atoms with van der Waals surface area (Å²) in [5.41, 5.74) is 2.68. The molecule has 100 valence electrons. The first-order valence-corrected chi connectivity index (χ1v) is 6.82. The molecule has 0 spiro atoms. The zero-order valence-electron chi connectivity index (χ0n) is 12.0. The molecule has 1 aromatic rings. The summed E-state index contributed by atoms with van der Waals surface area (Å²) in [4.78, 5) is 4.72. The lowest BCUT2D eigenvalue weighted by molar-refractivity contribution is 0.339. The number of hydrogen-bond donors (Lipinski definition) is 1. The van der Waals surface area contributed by atoms with Crippen LogP contribution in [0, 0.1) is 5.92 Å². The van der Waals surface area contributed by atoms with Crippen molar-refractivity contribution in [2.24, 2.45) is 5.92 Å². The third-order valence-corrected chi connectivity index (χ3v) is 3.98. The van der Waals surface area contributed by atoms with E-state index in [2.05, 4.69) is 67.4 Å². The molecule has 1 aliphatic rings. The first kappa shape index (κ1) is 13.2. The zero-order valence-corrected chi connectivity index (χ0v) is 12.0. The maximum atomic E-state index is 3.43. The Labute approximate surface area is 111 Å². The molecule has 0 aromatic heterocycles. The number of anilines is 2. The minimum atomic E-state index is 0.660. The van der Waals surface area contributed by atoms with Crippen molar-refractivity contribution in [2.75, 3.05) is 44.0 Å². The van der Waals surface area contributed by atoms with E-state index in [1.165, 1.54) is 17.8 Å². The Hall–Kier alpha value is -1.22. The van der Waals surface area contributed by atoms with Gasteiger partial charge in [-0.15, -0.1) is 0 Å². The Morgan fingerprint density at radius 2 is 2.00 bits per heavy atom. The fourth-order valence-corrected chi connectivity index (χ4v) is 2.90. The SMILES string of the molecule is CNC1CCN(c2ccccc2N(C)C)CC1C. The number of nitrogens with one attached hydrogen (secondary N) is 1. The van der Waals surface area contributed by atoms with Crippen molar-refractivity contribution in [3.05, 3.63) is 24.3 Å². The fraction of sp³-hybridized carbons (Fsp3) is 0.600. The van der Waals surface area contributed by atoms with Crippen LogP contribution in [-0.4, -0.2) is 40.3 Å². The molecule has 1 heterocycles. The Bertz CT molecular complexity index is 389. The van der Waals surface area contributed by atoms with Crippen LogP contribution in [0.25, 0.3) is 0 Å². The van der Waals surface area contributed by atoms with Crippen molar-refractivity contribution in [3.63, 3.8) is 0 Å². The minimum Gasteiger partial charge on any atom is -0.376 e. The third kappa shape index (κ3) is 2.61. The van der Waals surface area contributed by atoms with E-state index in [0.717, 1.165) is 13.1 Å². The second-order valence-corrected chi connectivity index (χ2v) is 5.49. The highest BCUT2D eigenvalue weighted by Crippen LogP contribution is 2.31. The monoisotopic (exact) mass is 247 g/mol.